The van der Waals surface area contributed by atoms with Crippen LogP contribution in [-0.2, 0) is 4.79 Å². The van der Waals surface area contributed by atoms with E-state index >= 15 is 0 Å². The van der Waals surface area contributed by atoms with Gasteiger partial charge in [-0.05, 0) is 45.4 Å². The molecule has 0 radical (unpaired) electrons. The summed E-state index contributed by atoms with van der Waals surface area (Å²) in [4.78, 5) is 26.2. The fraction of sp³-hybridized carbons (Fsp3) is 0.500. The average Bonchev–Trinajstić information content (AvgIpc) is 2.42. The second-order valence-electron chi connectivity index (χ2n) is 5.73. The van der Waals surface area contributed by atoms with Crippen LogP contribution in [-0.4, -0.2) is 29.2 Å². The molecule has 0 spiro atoms. The summed E-state index contributed by atoms with van der Waals surface area (Å²) in [5.74, 6) is 0.361. The molecule has 1 aromatic rings. The van der Waals surface area contributed by atoms with Crippen LogP contribution >= 0.6 is 11.6 Å². The van der Waals surface area contributed by atoms with Crippen LogP contribution in [0.1, 0.15) is 44.5 Å². The van der Waals surface area contributed by atoms with Crippen molar-refractivity contribution in [1.82, 2.24) is 0 Å². The maximum Gasteiger partial charge on any atom is 0.270 e. The van der Waals surface area contributed by atoms with Gasteiger partial charge in [0.1, 0.15) is 5.75 Å². The lowest BCUT2D eigenvalue weighted by Gasteiger charge is -2.38. The van der Waals surface area contributed by atoms with Crippen molar-refractivity contribution in [2.24, 2.45) is 0 Å². The molecular weight excluding hydrogens is 290 g/mol. The molecule has 1 aliphatic heterocycles. The van der Waals surface area contributed by atoms with E-state index < -0.39 is 11.0 Å². The molecule has 0 bridgehead atoms. The number of Topliss-reactive ketones (excluding diaryl/α,β-unsaturated/α-hetero) is 1. The van der Waals surface area contributed by atoms with Gasteiger partial charge in [0.25, 0.3) is 5.91 Å². The second kappa shape index (κ2) is 5.68. The van der Waals surface area contributed by atoms with Crippen LogP contribution in [0.5, 0.6) is 5.75 Å². The van der Waals surface area contributed by atoms with Gasteiger partial charge in [0.2, 0.25) is 0 Å². The number of hydrogen-bond acceptors (Lipinski definition) is 3. The van der Waals surface area contributed by atoms with E-state index in [4.69, 9.17) is 16.3 Å². The first-order valence-corrected chi connectivity index (χ1v) is 7.55. The van der Waals surface area contributed by atoms with Crippen molar-refractivity contribution in [2.75, 3.05) is 11.4 Å². The van der Waals surface area contributed by atoms with E-state index in [1.54, 1.807) is 43.9 Å². The van der Waals surface area contributed by atoms with E-state index in [9.17, 15) is 9.59 Å². The number of hydrogen-bond donors (Lipinski definition) is 0. The Kier molecular flexibility index (Phi) is 4.28. The van der Waals surface area contributed by atoms with Crippen LogP contribution < -0.4 is 9.64 Å². The van der Waals surface area contributed by atoms with E-state index in [0.717, 1.165) is 6.42 Å². The molecule has 5 heteroatoms. The lowest BCUT2D eigenvalue weighted by Crippen LogP contribution is -2.52. The summed E-state index contributed by atoms with van der Waals surface area (Å²) in [5.41, 5.74) is 0.241. The van der Waals surface area contributed by atoms with E-state index in [1.807, 2.05) is 6.92 Å². The number of halogens is 1. The van der Waals surface area contributed by atoms with Gasteiger partial charge >= 0.3 is 0 Å². The third-order valence-electron chi connectivity index (χ3n) is 3.47. The lowest BCUT2D eigenvalue weighted by atomic mass is 10.0. The average molecular weight is 310 g/mol. The van der Waals surface area contributed by atoms with E-state index in [0.29, 0.717) is 23.5 Å². The SMILES string of the molecule is CCCN1C(=O)C(C)(C)Oc2ccc(C(=O)C(C)Cl)cc21. The lowest BCUT2D eigenvalue weighted by molar-refractivity contribution is -0.132. The minimum Gasteiger partial charge on any atom is -0.476 e. The normalized spacial score (nSPS) is 18.0. The number of anilines is 1. The molecular formula is C16H20ClNO3. The van der Waals surface area contributed by atoms with E-state index in [2.05, 4.69) is 0 Å². The highest BCUT2D eigenvalue weighted by Crippen LogP contribution is 2.38. The molecule has 1 unspecified atom stereocenters. The number of ether oxygens (including phenoxy) is 1. The maximum atomic E-state index is 12.5. The maximum absolute atomic E-state index is 12.5. The Bertz CT molecular complexity index is 581. The Morgan fingerprint density at radius 1 is 1.43 bits per heavy atom. The zero-order valence-electron chi connectivity index (χ0n) is 12.8. The molecule has 0 N–H and O–H groups in total. The van der Waals surface area contributed by atoms with Gasteiger partial charge in [-0.3, -0.25) is 9.59 Å². The minimum atomic E-state index is -0.895. The Morgan fingerprint density at radius 3 is 2.67 bits per heavy atom. The number of alkyl halides is 1. The van der Waals surface area contributed by atoms with Crippen LogP contribution in [0.3, 0.4) is 0 Å². The molecule has 1 amide bonds. The number of benzene rings is 1. The zero-order chi connectivity index (χ0) is 15.8. The van der Waals surface area contributed by atoms with Gasteiger partial charge < -0.3 is 9.64 Å². The monoisotopic (exact) mass is 309 g/mol. The number of carbonyl (C=O) groups excluding carboxylic acids is 2. The number of ketones is 1. The summed E-state index contributed by atoms with van der Waals surface area (Å²) in [5, 5.41) is -0.598. The summed E-state index contributed by atoms with van der Waals surface area (Å²) >= 11 is 5.86. The second-order valence-corrected chi connectivity index (χ2v) is 6.39. The summed E-state index contributed by atoms with van der Waals surface area (Å²) < 4.78 is 5.77. The summed E-state index contributed by atoms with van der Waals surface area (Å²) in [6.45, 7) is 7.73. The highest BCUT2D eigenvalue weighted by Gasteiger charge is 2.40. The highest BCUT2D eigenvalue weighted by molar-refractivity contribution is 6.33. The molecule has 1 aromatic carbocycles. The van der Waals surface area contributed by atoms with Crippen LogP contribution in [0.2, 0.25) is 0 Å². The highest BCUT2D eigenvalue weighted by atomic mass is 35.5. The van der Waals surface area contributed by atoms with Gasteiger partial charge in [0.05, 0.1) is 11.1 Å². The predicted molar refractivity (Wildman–Crippen MR) is 83.4 cm³/mol. The molecule has 0 fully saturated rings. The first-order chi connectivity index (χ1) is 9.77. The van der Waals surface area contributed by atoms with Gasteiger partial charge in [0, 0.05) is 12.1 Å². The fourth-order valence-electron chi connectivity index (χ4n) is 2.40. The first-order valence-electron chi connectivity index (χ1n) is 7.11. The molecule has 1 aliphatic rings. The van der Waals surface area contributed by atoms with E-state index in [-0.39, 0.29) is 11.7 Å². The molecule has 21 heavy (non-hydrogen) atoms. The van der Waals surface area contributed by atoms with Crippen LogP contribution in [0.15, 0.2) is 18.2 Å². The molecule has 1 heterocycles. The Morgan fingerprint density at radius 2 is 2.10 bits per heavy atom. The third kappa shape index (κ3) is 2.91. The number of fused-ring (bicyclic) bond motifs is 1. The molecule has 0 aliphatic carbocycles. The van der Waals surface area contributed by atoms with Crippen molar-refractivity contribution >= 4 is 29.0 Å². The van der Waals surface area contributed by atoms with Gasteiger partial charge in [-0.25, -0.2) is 0 Å². The van der Waals surface area contributed by atoms with Gasteiger partial charge in [0.15, 0.2) is 11.4 Å². The number of rotatable bonds is 4. The van der Waals surface area contributed by atoms with Crippen molar-refractivity contribution < 1.29 is 14.3 Å². The summed E-state index contributed by atoms with van der Waals surface area (Å²) in [6, 6.07) is 5.12. The summed E-state index contributed by atoms with van der Waals surface area (Å²) in [7, 11) is 0. The molecule has 0 saturated heterocycles. The van der Waals surface area contributed by atoms with E-state index in [1.165, 1.54) is 0 Å². The van der Waals surface area contributed by atoms with Crippen molar-refractivity contribution in [2.45, 2.75) is 45.1 Å². The minimum absolute atomic E-state index is 0.0969. The zero-order valence-corrected chi connectivity index (χ0v) is 13.5. The number of carbonyl (C=O) groups is 2. The number of nitrogens with zero attached hydrogens (tertiary/aromatic N) is 1. The summed E-state index contributed by atoms with van der Waals surface area (Å²) in [6.07, 6.45) is 0.825. The first kappa shape index (κ1) is 15.8. The van der Waals surface area contributed by atoms with Crippen LogP contribution in [0, 0.1) is 0 Å². The predicted octanol–water partition coefficient (Wildman–Crippen LogP) is 3.41. The van der Waals surface area contributed by atoms with Crippen LogP contribution in [0.4, 0.5) is 5.69 Å². The molecule has 114 valence electrons. The van der Waals surface area contributed by atoms with Gasteiger partial charge in [-0.2, -0.15) is 0 Å². The van der Waals surface area contributed by atoms with Crippen molar-refractivity contribution in [3.8, 4) is 5.75 Å². The molecule has 2 rings (SSSR count). The van der Waals surface area contributed by atoms with Crippen molar-refractivity contribution in [3.63, 3.8) is 0 Å². The Labute approximate surface area is 130 Å². The Hall–Kier alpha value is -1.55. The van der Waals surface area contributed by atoms with Gasteiger partial charge in [-0.15, -0.1) is 11.6 Å². The van der Waals surface area contributed by atoms with Crippen LogP contribution in [0.25, 0.3) is 0 Å². The Balaban J connectivity index is 2.50. The standard InChI is InChI=1S/C16H20ClNO3/c1-5-8-18-12-9-11(14(19)10(2)17)6-7-13(12)21-16(3,4)15(18)20/h6-7,9-10H,5,8H2,1-4H3. The van der Waals surface area contributed by atoms with Crippen molar-refractivity contribution in [1.29, 1.82) is 0 Å². The number of amides is 1. The topological polar surface area (TPSA) is 46.6 Å². The smallest absolute Gasteiger partial charge is 0.270 e. The third-order valence-corrected chi connectivity index (χ3v) is 3.67. The molecule has 1 atom stereocenters. The largest absolute Gasteiger partial charge is 0.476 e. The van der Waals surface area contributed by atoms with Gasteiger partial charge in [-0.1, -0.05) is 6.92 Å². The molecule has 0 aromatic heterocycles. The van der Waals surface area contributed by atoms with Crippen molar-refractivity contribution in [3.05, 3.63) is 23.8 Å². The quantitative estimate of drug-likeness (QED) is 0.632. The molecule has 0 saturated carbocycles. The fourth-order valence-corrected chi connectivity index (χ4v) is 2.52. The molecule has 4 nitrogen and oxygen atoms in total.